The minimum Gasteiger partial charge on any atom is -0.497 e. The molecule has 0 unspecified atom stereocenters. The van der Waals surface area contributed by atoms with E-state index in [1.807, 2.05) is 66.4 Å². The van der Waals surface area contributed by atoms with Gasteiger partial charge in [-0.25, -0.2) is 0 Å². The molecule has 9 heteroatoms. The van der Waals surface area contributed by atoms with Crippen LogP contribution in [0.1, 0.15) is 30.6 Å². The van der Waals surface area contributed by atoms with E-state index in [4.69, 9.17) is 9.26 Å². The maximum Gasteiger partial charge on any atom is 0.227 e. The van der Waals surface area contributed by atoms with Crippen molar-refractivity contribution < 1.29 is 18.8 Å². The average molecular weight is 492 g/mol. The third-order valence-corrected chi connectivity index (χ3v) is 6.33. The van der Waals surface area contributed by atoms with Gasteiger partial charge in [0.15, 0.2) is 5.82 Å². The summed E-state index contributed by atoms with van der Waals surface area (Å²) in [6, 6.07) is 17.3. The molecule has 0 bridgehead atoms. The zero-order valence-corrected chi connectivity index (χ0v) is 20.9. The Morgan fingerprint density at radius 2 is 1.83 bits per heavy atom. The van der Waals surface area contributed by atoms with Gasteiger partial charge in [-0.05, 0) is 36.8 Å². The number of anilines is 1. The van der Waals surface area contributed by atoms with Gasteiger partial charge in [-0.1, -0.05) is 35.5 Å². The molecule has 1 aromatic heterocycles. The number of aromatic nitrogens is 2. The molecule has 4 rings (SSSR count). The molecule has 0 spiro atoms. The largest absolute Gasteiger partial charge is 0.497 e. The van der Waals surface area contributed by atoms with Crippen molar-refractivity contribution in [2.45, 2.75) is 32.7 Å². The van der Waals surface area contributed by atoms with Gasteiger partial charge in [0.05, 0.1) is 20.1 Å². The third kappa shape index (κ3) is 6.69. The lowest BCUT2D eigenvalue weighted by molar-refractivity contribution is -0.132. The minimum absolute atomic E-state index is 0.0261. The number of methoxy groups -OCH3 is 1. The van der Waals surface area contributed by atoms with Crippen LogP contribution in [0.2, 0.25) is 0 Å². The highest BCUT2D eigenvalue weighted by molar-refractivity contribution is 5.93. The molecule has 1 saturated heterocycles. The summed E-state index contributed by atoms with van der Waals surface area (Å²) in [4.78, 5) is 35.8. The summed E-state index contributed by atoms with van der Waals surface area (Å²) in [6.07, 6.45) is 1.07. The standard InChI is InChI=1S/C27H33N5O4/c1-3-32(22-9-5-4-6-10-22)26(33)13-12-25-28-24(29-36-25)20-30-14-16-31(17-15-30)27(34)19-21-8-7-11-23(18-21)35-2/h4-11,18H,3,12-17,19-20H2,1-2H3. The van der Waals surface area contributed by atoms with Gasteiger partial charge in [0.1, 0.15) is 5.75 Å². The molecule has 0 N–H and O–H groups in total. The van der Waals surface area contributed by atoms with Crippen molar-refractivity contribution in [3.63, 3.8) is 0 Å². The quantitative estimate of drug-likeness (QED) is 0.431. The smallest absolute Gasteiger partial charge is 0.227 e. The predicted octanol–water partition coefficient (Wildman–Crippen LogP) is 2.95. The molecule has 1 aliphatic rings. The van der Waals surface area contributed by atoms with E-state index in [0.29, 0.717) is 57.2 Å². The Bertz CT molecular complexity index is 1140. The number of benzene rings is 2. The molecule has 2 heterocycles. The van der Waals surface area contributed by atoms with Crippen LogP contribution in [0.5, 0.6) is 5.75 Å². The molecule has 2 aromatic carbocycles. The van der Waals surface area contributed by atoms with Crippen LogP contribution in [0.4, 0.5) is 5.69 Å². The zero-order chi connectivity index (χ0) is 25.3. The fourth-order valence-corrected chi connectivity index (χ4v) is 4.34. The Balaban J connectivity index is 1.21. The monoisotopic (exact) mass is 491 g/mol. The highest BCUT2D eigenvalue weighted by Crippen LogP contribution is 2.16. The first-order valence-corrected chi connectivity index (χ1v) is 12.4. The molecule has 36 heavy (non-hydrogen) atoms. The molecule has 3 aromatic rings. The van der Waals surface area contributed by atoms with E-state index in [9.17, 15) is 9.59 Å². The Morgan fingerprint density at radius 3 is 2.56 bits per heavy atom. The van der Waals surface area contributed by atoms with Crippen LogP contribution in [0.3, 0.4) is 0 Å². The second kappa shape index (κ2) is 12.3. The number of aryl methyl sites for hydroxylation is 1. The van der Waals surface area contributed by atoms with Crippen LogP contribution >= 0.6 is 0 Å². The fraction of sp³-hybridized carbons (Fsp3) is 0.407. The minimum atomic E-state index is 0.0261. The number of hydrogen-bond acceptors (Lipinski definition) is 7. The number of ether oxygens (including phenoxy) is 1. The summed E-state index contributed by atoms with van der Waals surface area (Å²) in [7, 11) is 1.62. The summed E-state index contributed by atoms with van der Waals surface area (Å²) < 4.78 is 10.6. The van der Waals surface area contributed by atoms with E-state index in [1.165, 1.54) is 0 Å². The summed E-state index contributed by atoms with van der Waals surface area (Å²) >= 11 is 0. The van der Waals surface area contributed by atoms with E-state index in [1.54, 1.807) is 12.0 Å². The van der Waals surface area contributed by atoms with Crippen molar-refractivity contribution in [1.29, 1.82) is 0 Å². The second-order valence-electron chi connectivity index (χ2n) is 8.76. The number of hydrogen-bond donors (Lipinski definition) is 0. The molecular weight excluding hydrogens is 458 g/mol. The van der Waals surface area contributed by atoms with Crippen molar-refractivity contribution in [2.75, 3.05) is 44.7 Å². The highest BCUT2D eigenvalue weighted by atomic mass is 16.5. The van der Waals surface area contributed by atoms with Gasteiger partial charge >= 0.3 is 0 Å². The van der Waals surface area contributed by atoms with E-state index in [-0.39, 0.29) is 11.8 Å². The Morgan fingerprint density at radius 1 is 1.06 bits per heavy atom. The van der Waals surface area contributed by atoms with Gasteiger partial charge in [-0.15, -0.1) is 0 Å². The van der Waals surface area contributed by atoms with Gasteiger partial charge in [0, 0.05) is 51.3 Å². The summed E-state index contributed by atoms with van der Waals surface area (Å²) in [5.74, 6) is 1.97. The second-order valence-corrected chi connectivity index (χ2v) is 8.76. The van der Waals surface area contributed by atoms with Crippen LogP contribution < -0.4 is 9.64 Å². The molecule has 1 aliphatic heterocycles. The van der Waals surface area contributed by atoms with Crippen LogP contribution in [0.25, 0.3) is 0 Å². The zero-order valence-electron chi connectivity index (χ0n) is 20.9. The van der Waals surface area contributed by atoms with E-state index in [2.05, 4.69) is 15.0 Å². The van der Waals surface area contributed by atoms with Crippen molar-refractivity contribution in [3.05, 3.63) is 71.9 Å². The first-order chi connectivity index (χ1) is 17.6. The molecular formula is C27H33N5O4. The number of amides is 2. The Hall–Kier alpha value is -3.72. The lowest BCUT2D eigenvalue weighted by Crippen LogP contribution is -2.48. The predicted molar refractivity (Wildman–Crippen MR) is 136 cm³/mol. The fourth-order valence-electron chi connectivity index (χ4n) is 4.34. The van der Waals surface area contributed by atoms with Crippen molar-refractivity contribution in [2.24, 2.45) is 0 Å². The number of piperazine rings is 1. The van der Waals surface area contributed by atoms with Gasteiger partial charge in [-0.3, -0.25) is 14.5 Å². The summed E-state index contributed by atoms with van der Waals surface area (Å²) in [6.45, 7) is 5.93. The maximum absolute atomic E-state index is 12.7. The number of carbonyl (C=O) groups is 2. The number of carbonyl (C=O) groups excluding carboxylic acids is 2. The van der Waals surface area contributed by atoms with E-state index >= 15 is 0 Å². The van der Waals surface area contributed by atoms with E-state index in [0.717, 1.165) is 30.1 Å². The van der Waals surface area contributed by atoms with Crippen molar-refractivity contribution in [3.8, 4) is 5.75 Å². The maximum atomic E-state index is 12.7. The normalized spacial score (nSPS) is 14.0. The number of nitrogens with zero attached hydrogens (tertiary/aromatic N) is 5. The summed E-state index contributed by atoms with van der Waals surface area (Å²) in [5.41, 5.74) is 1.84. The Kier molecular flexibility index (Phi) is 8.67. The van der Waals surface area contributed by atoms with Gasteiger partial charge < -0.3 is 19.1 Å². The van der Waals surface area contributed by atoms with Crippen LogP contribution in [0.15, 0.2) is 59.1 Å². The molecule has 2 amide bonds. The van der Waals surface area contributed by atoms with Gasteiger partial charge in [0.2, 0.25) is 17.7 Å². The highest BCUT2D eigenvalue weighted by Gasteiger charge is 2.23. The molecule has 190 valence electrons. The van der Waals surface area contributed by atoms with Gasteiger partial charge in [0.25, 0.3) is 0 Å². The average Bonchev–Trinajstić information content (AvgIpc) is 3.36. The molecule has 1 fully saturated rings. The SMILES string of the molecule is CCN(C(=O)CCc1nc(CN2CCN(C(=O)Cc3cccc(OC)c3)CC2)no1)c1ccccc1. The number of rotatable bonds is 10. The lowest BCUT2D eigenvalue weighted by atomic mass is 10.1. The van der Waals surface area contributed by atoms with Crippen LogP contribution in [0, 0.1) is 0 Å². The molecule has 0 aliphatic carbocycles. The number of para-hydroxylation sites is 1. The third-order valence-electron chi connectivity index (χ3n) is 6.33. The molecule has 0 saturated carbocycles. The lowest BCUT2D eigenvalue weighted by Gasteiger charge is -2.34. The van der Waals surface area contributed by atoms with Crippen molar-refractivity contribution in [1.82, 2.24) is 19.9 Å². The molecule has 0 atom stereocenters. The molecule has 0 radical (unpaired) electrons. The Labute approximate surface area is 211 Å². The first-order valence-electron chi connectivity index (χ1n) is 12.4. The first kappa shape index (κ1) is 25.4. The van der Waals surface area contributed by atoms with E-state index < -0.39 is 0 Å². The van der Waals surface area contributed by atoms with Crippen LogP contribution in [-0.2, 0) is 29.0 Å². The summed E-state index contributed by atoms with van der Waals surface area (Å²) in [5, 5.41) is 4.09. The topological polar surface area (TPSA) is 92.0 Å². The molecule has 9 nitrogen and oxygen atoms in total. The van der Waals surface area contributed by atoms with Crippen LogP contribution in [-0.4, -0.2) is 71.6 Å². The van der Waals surface area contributed by atoms with Crippen molar-refractivity contribution >= 4 is 17.5 Å². The van der Waals surface area contributed by atoms with Gasteiger partial charge in [-0.2, -0.15) is 4.98 Å².